The van der Waals surface area contributed by atoms with Crippen molar-refractivity contribution in [3.8, 4) is 16.9 Å². The summed E-state index contributed by atoms with van der Waals surface area (Å²) in [4.78, 5) is 34.1. The molecule has 2 aromatic heterocycles. The Hall–Kier alpha value is -4.98. The minimum absolute atomic E-state index is 0.0247. The number of phenols is 1. The van der Waals surface area contributed by atoms with Crippen molar-refractivity contribution in [2.24, 2.45) is 17.8 Å². The number of hydrogen-bond acceptors (Lipinski definition) is 10. The number of amides is 1. The number of phenolic OH excluding ortho intramolecular Hbond substituents is 1. The molecule has 0 saturated carbocycles. The molecule has 3 heterocycles. The van der Waals surface area contributed by atoms with Gasteiger partial charge in [0, 0.05) is 76.9 Å². The zero-order valence-corrected chi connectivity index (χ0v) is 35.0. The summed E-state index contributed by atoms with van der Waals surface area (Å²) in [6.45, 7) is 6.20. The maximum absolute atomic E-state index is 14.0. The molecule has 0 atom stereocenters. The van der Waals surface area contributed by atoms with Crippen LogP contribution in [0.3, 0.4) is 0 Å². The predicted octanol–water partition coefficient (Wildman–Crippen LogP) is 8.04. The van der Waals surface area contributed by atoms with Crippen molar-refractivity contribution >= 4 is 62.8 Å². The number of hydrogen-bond donors (Lipinski definition) is 3. The first kappa shape index (κ1) is 41.6. The smallest absolute Gasteiger partial charge is 0.410 e. The fraction of sp³-hybridized carbons (Fsp3) is 0.395. The van der Waals surface area contributed by atoms with Crippen LogP contribution >= 0.6 is 23.4 Å². The van der Waals surface area contributed by atoms with Gasteiger partial charge in [0.15, 0.2) is 0 Å². The molecule has 1 aliphatic rings. The molecular formula is C43H51ClN6O6S. The number of aryl methyl sites for hydroxylation is 3. The number of nitrogens with zero attached hydrogens (tertiary/aromatic N) is 5. The van der Waals surface area contributed by atoms with E-state index in [4.69, 9.17) is 31.9 Å². The summed E-state index contributed by atoms with van der Waals surface area (Å²) in [5, 5.41) is 28.5. The third-order valence-electron chi connectivity index (χ3n) is 9.99. The number of aromatic nitrogens is 3. The Morgan fingerprint density at radius 2 is 1.89 bits per heavy atom. The summed E-state index contributed by atoms with van der Waals surface area (Å²) in [7, 11) is 4.87. The van der Waals surface area contributed by atoms with Crippen molar-refractivity contribution in [3.05, 3.63) is 88.0 Å². The number of halogens is 1. The summed E-state index contributed by atoms with van der Waals surface area (Å²) in [5.74, 6) is 0.208. The van der Waals surface area contributed by atoms with Gasteiger partial charge in [-0.2, -0.15) is 5.10 Å². The minimum atomic E-state index is -0.782. The fourth-order valence-corrected chi connectivity index (χ4v) is 8.67. The Bertz CT molecular complexity index is 2380. The molecule has 1 amide bonds. The molecule has 1 aliphatic heterocycles. The van der Waals surface area contributed by atoms with E-state index in [1.165, 1.54) is 18.9 Å². The molecule has 0 aliphatic carbocycles. The topological polar surface area (TPSA) is 157 Å². The maximum Gasteiger partial charge on any atom is 0.410 e. The maximum atomic E-state index is 14.0. The number of thioether (sulfide) groups is 1. The van der Waals surface area contributed by atoms with Crippen LogP contribution in [0.4, 0.5) is 4.79 Å². The third-order valence-corrected chi connectivity index (χ3v) is 11.3. The van der Waals surface area contributed by atoms with Gasteiger partial charge < -0.3 is 30.0 Å². The van der Waals surface area contributed by atoms with Gasteiger partial charge in [-0.3, -0.25) is 14.6 Å². The Kier molecular flexibility index (Phi) is 12.9. The molecule has 0 radical (unpaired) electrons. The monoisotopic (exact) mass is 814 g/mol. The van der Waals surface area contributed by atoms with Crippen molar-refractivity contribution < 1.29 is 29.3 Å². The fourth-order valence-electron chi connectivity index (χ4n) is 7.49. The first-order valence-electron chi connectivity index (χ1n) is 19.1. The first-order valence-corrected chi connectivity index (χ1v) is 20.4. The summed E-state index contributed by atoms with van der Waals surface area (Å²) in [5.41, 5.74) is 12.1. The molecule has 57 heavy (non-hydrogen) atoms. The molecule has 6 rings (SSSR count). The molecular weight excluding hydrogens is 764 g/mol. The summed E-state index contributed by atoms with van der Waals surface area (Å²) < 4.78 is 15.0. The number of ether oxygens (including phenoxy) is 2. The number of nitrogens with two attached hydrogens (primary N) is 1. The highest BCUT2D eigenvalue weighted by molar-refractivity contribution is 8.00. The average Bonchev–Trinajstić information content (AvgIpc) is 3.67. The first-order chi connectivity index (χ1) is 27.2. The Morgan fingerprint density at radius 1 is 1.12 bits per heavy atom. The number of methoxy groups -OCH3 is 1. The van der Waals surface area contributed by atoms with Crippen LogP contribution in [0.1, 0.15) is 67.5 Å². The molecule has 0 fully saturated rings. The van der Waals surface area contributed by atoms with Crippen LogP contribution in [0.15, 0.2) is 70.2 Å². The number of fused-ring (bicyclic) bond motifs is 3. The van der Waals surface area contributed by atoms with Crippen LogP contribution in [0.25, 0.3) is 32.8 Å². The van der Waals surface area contributed by atoms with E-state index in [1.807, 2.05) is 79.5 Å². The molecule has 4 N–H and O–H groups in total. The van der Waals surface area contributed by atoms with Crippen molar-refractivity contribution in [2.75, 3.05) is 33.1 Å². The van der Waals surface area contributed by atoms with Crippen LogP contribution in [0, 0.1) is 0 Å². The number of aliphatic hydroxyl groups is 1. The number of aromatic hydroxyl groups is 1. The minimum Gasteiger partial charge on any atom is -0.507 e. The number of aliphatic imine (C=N–C) groups is 1. The number of esters is 1. The highest BCUT2D eigenvalue weighted by atomic mass is 35.5. The molecule has 0 spiro atoms. The predicted molar refractivity (Wildman–Crippen MR) is 227 cm³/mol. The lowest BCUT2D eigenvalue weighted by Crippen LogP contribution is -2.39. The van der Waals surface area contributed by atoms with Crippen molar-refractivity contribution in [2.45, 2.75) is 76.5 Å². The number of allylic oxidation sites excluding steroid dienone is 1. The van der Waals surface area contributed by atoms with Gasteiger partial charge >= 0.3 is 12.1 Å². The SMILES string of the molecule is CN=C(/C=C(\N)CN(Cc1nn2c(c1-c1c(Cl)ccc3c(CCCO)c(C(=O)OC)n(C)c13)CCCC2)C(=O)OC(C)(C)C)CSc1cc(O)c2ccccc2c1. The van der Waals surface area contributed by atoms with Crippen LogP contribution < -0.4 is 5.73 Å². The number of carbonyl (C=O) groups excluding carboxylic acids is 2. The van der Waals surface area contributed by atoms with E-state index in [1.54, 1.807) is 24.1 Å². The average molecular weight is 815 g/mol. The molecule has 302 valence electrons. The molecule has 0 bridgehead atoms. The highest BCUT2D eigenvalue weighted by Crippen LogP contribution is 2.43. The highest BCUT2D eigenvalue weighted by Gasteiger charge is 2.32. The second kappa shape index (κ2) is 17.7. The van der Waals surface area contributed by atoms with Gasteiger partial charge in [0.25, 0.3) is 0 Å². The Balaban J connectivity index is 1.38. The summed E-state index contributed by atoms with van der Waals surface area (Å²) in [6.07, 6.45) is 4.79. The van der Waals surface area contributed by atoms with Gasteiger partial charge in [0.2, 0.25) is 0 Å². The standard InChI is InChI=1S/C43H51ClN6O6S/c1-43(2,3)56-42(54)49(23-27(45)21-28(46-4)25-57-29-20-26-12-7-8-13-30(26)36(52)22-29)24-34-38(35-15-9-10-18-50(35)47-34)37-33(44)17-16-32-31(14-11-19-51)40(41(53)55-6)48(5)39(32)37/h7-8,12-13,16-17,20-22,51-52H,9-11,14-15,18-19,23-25,45H2,1-6H3/b27-21-,46-28?. The van der Waals surface area contributed by atoms with Crippen LogP contribution in [0.2, 0.25) is 5.02 Å². The van der Waals surface area contributed by atoms with Crippen molar-refractivity contribution in [3.63, 3.8) is 0 Å². The largest absolute Gasteiger partial charge is 0.507 e. The van der Waals surface area contributed by atoms with E-state index in [0.717, 1.165) is 62.7 Å². The lowest BCUT2D eigenvalue weighted by atomic mass is 9.95. The number of aliphatic hydroxyl groups excluding tert-OH is 1. The molecule has 5 aromatic rings. The Morgan fingerprint density at radius 3 is 2.61 bits per heavy atom. The zero-order chi connectivity index (χ0) is 41.0. The zero-order valence-electron chi connectivity index (χ0n) is 33.4. The lowest BCUT2D eigenvalue weighted by Gasteiger charge is -2.27. The summed E-state index contributed by atoms with van der Waals surface area (Å²) >= 11 is 8.67. The van der Waals surface area contributed by atoms with Gasteiger partial charge in [-0.05, 0) is 88.1 Å². The molecule has 14 heteroatoms. The van der Waals surface area contributed by atoms with Crippen LogP contribution in [-0.4, -0.2) is 85.9 Å². The van der Waals surface area contributed by atoms with Gasteiger partial charge in [-0.15, -0.1) is 11.8 Å². The molecule has 0 saturated heterocycles. The second-order valence-corrected chi connectivity index (χ2v) is 16.7. The number of rotatable bonds is 13. The van der Waals surface area contributed by atoms with Crippen molar-refractivity contribution in [1.29, 1.82) is 0 Å². The van der Waals surface area contributed by atoms with Gasteiger partial charge in [-0.25, -0.2) is 9.59 Å². The van der Waals surface area contributed by atoms with E-state index < -0.39 is 17.7 Å². The van der Waals surface area contributed by atoms with E-state index in [2.05, 4.69) is 4.99 Å². The Labute approximate surface area is 342 Å². The molecule has 3 aromatic carbocycles. The van der Waals surface area contributed by atoms with E-state index >= 15 is 0 Å². The van der Waals surface area contributed by atoms with Crippen LogP contribution in [-0.2, 0) is 42.5 Å². The van der Waals surface area contributed by atoms with Crippen molar-refractivity contribution in [1.82, 2.24) is 19.2 Å². The molecule has 0 unspecified atom stereocenters. The third kappa shape index (κ3) is 9.11. The molecule has 12 nitrogen and oxygen atoms in total. The second-order valence-electron chi connectivity index (χ2n) is 15.2. The normalized spacial score (nSPS) is 13.6. The quantitative estimate of drug-likeness (QED) is 0.0608. The van der Waals surface area contributed by atoms with Gasteiger partial charge in [-0.1, -0.05) is 41.9 Å². The number of carbonyl (C=O) groups is 2. The van der Waals surface area contributed by atoms with E-state index in [0.29, 0.717) is 58.5 Å². The van der Waals surface area contributed by atoms with Gasteiger partial charge in [0.05, 0.1) is 36.4 Å². The van der Waals surface area contributed by atoms with E-state index in [9.17, 15) is 19.8 Å². The van der Waals surface area contributed by atoms with E-state index in [-0.39, 0.29) is 25.4 Å². The van der Waals surface area contributed by atoms with Gasteiger partial charge in [0.1, 0.15) is 17.0 Å². The van der Waals surface area contributed by atoms with Crippen LogP contribution in [0.5, 0.6) is 5.75 Å². The summed E-state index contributed by atoms with van der Waals surface area (Å²) in [6, 6.07) is 15.2. The lowest BCUT2D eigenvalue weighted by molar-refractivity contribution is 0.0248. The number of benzene rings is 3.